The molecule has 0 radical (unpaired) electrons. The van der Waals surface area contributed by atoms with E-state index in [1.54, 1.807) is 24.8 Å². The Kier molecular flexibility index (Phi) is 6.15. The Balaban J connectivity index is 1.64. The minimum atomic E-state index is -3.38. The van der Waals surface area contributed by atoms with Gasteiger partial charge in [0.1, 0.15) is 5.82 Å². The van der Waals surface area contributed by atoms with Crippen molar-refractivity contribution >= 4 is 26.7 Å². The SMILES string of the molecule is CS(=O)(=O)NC(CNc1nc(-c2ccncc2)nc2cnccc12)Cc1ccccc1. The van der Waals surface area contributed by atoms with Crippen molar-refractivity contribution in [2.75, 3.05) is 18.1 Å². The molecule has 0 amide bonds. The van der Waals surface area contributed by atoms with E-state index in [1.807, 2.05) is 48.5 Å². The van der Waals surface area contributed by atoms with Crippen LogP contribution in [-0.4, -0.2) is 47.2 Å². The third kappa shape index (κ3) is 5.59. The van der Waals surface area contributed by atoms with E-state index in [9.17, 15) is 8.42 Å². The first-order chi connectivity index (χ1) is 15.0. The van der Waals surface area contributed by atoms with Crippen LogP contribution >= 0.6 is 0 Å². The van der Waals surface area contributed by atoms with Gasteiger partial charge in [0.2, 0.25) is 10.0 Å². The summed E-state index contributed by atoms with van der Waals surface area (Å²) in [7, 11) is -3.38. The van der Waals surface area contributed by atoms with E-state index in [1.165, 1.54) is 0 Å². The largest absolute Gasteiger partial charge is 0.368 e. The fourth-order valence-corrected chi connectivity index (χ4v) is 4.09. The molecular weight excluding hydrogens is 412 g/mol. The maximum absolute atomic E-state index is 11.9. The molecule has 3 heterocycles. The monoisotopic (exact) mass is 434 g/mol. The van der Waals surface area contributed by atoms with Gasteiger partial charge in [-0.25, -0.2) is 23.1 Å². The highest BCUT2D eigenvalue weighted by Gasteiger charge is 2.16. The topological polar surface area (TPSA) is 110 Å². The van der Waals surface area contributed by atoms with Crippen LogP contribution in [0.1, 0.15) is 5.56 Å². The Labute approximate surface area is 180 Å². The molecule has 8 nitrogen and oxygen atoms in total. The summed E-state index contributed by atoms with van der Waals surface area (Å²) in [4.78, 5) is 17.5. The molecule has 0 fully saturated rings. The molecule has 9 heteroatoms. The minimum Gasteiger partial charge on any atom is -0.368 e. The molecule has 0 saturated heterocycles. The van der Waals surface area contributed by atoms with Gasteiger partial charge in [-0.2, -0.15) is 0 Å². The molecule has 2 N–H and O–H groups in total. The van der Waals surface area contributed by atoms with E-state index < -0.39 is 10.0 Å². The number of hydrogen-bond acceptors (Lipinski definition) is 7. The van der Waals surface area contributed by atoms with Crippen LogP contribution in [0.4, 0.5) is 5.82 Å². The van der Waals surface area contributed by atoms with Crippen LogP contribution in [0.5, 0.6) is 0 Å². The Bertz CT molecular complexity index is 1270. The highest BCUT2D eigenvalue weighted by molar-refractivity contribution is 7.88. The van der Waals surface area contributed by atoms with E-state index in [0.717, 1.165) is 22.8 Å². The predicted molar refractivity (Wildman–Crippen MR) is 121 cm³/mol. The Morgan fingerprint density at radius 2 is 1.68 bits per heavy atom. The molecule has 0 bridgehead atoms. The maximum Gasteiger partial charge on any atom is 0.209 e. The minimum absolute atomic E-state index is 0.353. The van der Waals surface area contributed by atoms with E-state index >= 15 is 0 Å². The molecule has 0 aliphatic carbocycles. The number of sulfonamides is 1. The van der Waals surface area contributed by atoms with Gasteiger partial charge >= 0.3 is 0 Å². The van der Waals surface area contributed by atoms with Crippen molar-refractivity contribution in [3.63, 3.8) is 0 Å². The van der Waals surface area contributed by atoms with Crippen molar-refractivity contribution in [3.8, 4) is 11.4 Å². The lowest BCUT2D eigenvalue weighted by Crippen LogP contribution is -2.40. The number of anilines is 1. The molecule has 0 saturated carbocycles. The van der Waals surface area contributed by atoms with E-state index in [-0.39, 0.29) is 6.04 Å². The highest BCUT2D eigenvalue weighted by atomic mass is 32.2. The first-order valence-corrected chi connectivity index (χ1v) is 11.6. The van der Waals surface area contributed by atoms with Crippen molar-refractivity contribution in [2.45, 2.75) is 12.5 Å². The van der Waals surface area contributed by atoms with Gasteiger partial charge in [-0.3, -0.25) is 9.97 Å². The summed E-state index contributed by atoms with van der Waals surface area (Å²) in [6.07, 6.45) is 8.44. The summed E-state index contributed by atoms with van der Waals surface area (Å²) in [5.41, 5.74) is 2.57. The van der Waals surface area contributed by atoms with Crippen molar-refractivity contribution in [1.82, 2.24) is 24.7 Å². The number of nitrogens with one attached hydrogen (secondary N) is 2. The summed E-state index contributed by atoms with van der Waals surface area (Å²) in [5.74, 6) is 1.16. The van der Waals surface area contributed by atoms with Crippen LogP contribution in [0.2, 0.25) is 0 Å². The van der Waals surface area contributed by atoms with Gasteiger partial charge in [-0.15, -0.1) is 0 Å². The van der Waals surface area contributed by atoms with E-state index in [2.05, 4.69) is 25.0 Å². The number of benzene rings is 1. The lowest BCUT2D eigenvalue weighted by atomic mass is 10.1. The summed E-state index contributed by atoms with van der Waals surface area (Å²) in [6, 6.07) is 14.9. The van der Waals surface area contributed by atoms with Crippen molar-refractivity contribution < 1.29 is 8.42 Å². The first-order valence-electron chi connectivity index (χ1n) is 9.75. The van der Waals surface area contributed by atoms with Gasteiger partial charge in [-0.05, 0) is 30.2 Å². The number of nitrogens with zero attached hydrogens (tertiary/aromatic N) is 4. The third-order valence-electron chi connectivity index (χ3n) is 4.66. The molecule has 4 aromatic rings. The summed E-state index contributed by atoms with van der Waals surface area (Å²) >= 11 is 0. The van der Waals surface area contributed by atoms with Crippen LogP contribution in [0.15, 0.2) is 73.3 Å². The van der Waals surface area contributed by atoms with Crippen LogP contribution < -0.4 is 10.0 Å². The molecule has 1 atom stereocenters. The van der Waals surface area contributed by atoms with Crippen LogP contribution in [-0.2, 0) is 16.4 Å². The molecule has 0 spiro atoms. The molecule has 1 unspecified atom stereocenters. The Morgan fingerprint density at radius 1 is 0.935 bits per heavy atom. The van der Waals surface area contributed by atoms with Gasteiger partial charge in [0.25, 0.3) is 0 Å². The average Bonchev–Trinajstić information content (AvgIpc) is 2.77. The smallest absolute Gasteiger partial charge is 0.209 e. The summed E-state index contributed by atoms with van der Waals surface area (Å²) in [6.45, 7) is 0.353. The quantitative estimate of drug-likeness (QED) is 0.439. The number of pyridine rings is 2. The molecular formula is C22H22N6O2S. The number of rotatable bonds is 8. The van der Waals surface area contributed by atoms with Gasteiger partial charge < -0.3 is 5.32 Å². The zero-order valence-corrected chi connectivity index (χ0v) is 17.7. The second-order valence-electron chi connectivity index (χ2n) is 7.18. The van der Waals surface area contributed by atoms with Crippen molar-refractivity contribution in [1.29, 1.82) is 0 Å². The fourth-order valence-electron chi connectivity index (χ4n) is 3.32. The molecule has 3 aromatic heterocycles. The van der Waals surface area contributed by atoms with Crippen LogP contribution in [0, 0.1) is 0 Å². The summed E-state index contributed by atoms with van der Waals surface area (Å²) in [5, 5.41) is 4.13. The van der Waals surface area contributed by atoms with Crippen molar-refractivity contribution in [3.05, 3.63) is 78.9 Å². The second-order valence-corrected chi connectivity index (χ2v) is 8.96. The normalized spacial score (nSPS) is 12.5. The zero-order valence-electron chi connectivity index (χ0n) is 16.9. The maximum atomic E-state index is 11.9. The van der Waals surface area contributed by atoms with Crippen LogP contribution in [0.25, 0.3) is 22.3 Å². The van der Waals surface area contributed by atoms with E-state index in [4.69, 9.17) is 4.98 Å². The number of aromatic nitrogens is 4. The molecule has 158 valence electrons. The summed E-state index contributed by atoms with van der Waals surface area (Å²) < 4.78 is 26.5. The average molecular weight is 435 g/mol. The fraction of sp³-hybridized carbons (Fsp3) is 0.182. The van der Waals surface area contributed by atoms with E-state index in [0.29, 0.717) is 30.1 Å². The van der Waals surface area contributed by atoms with Gasteiger partial charge in [0.05, 0.1) is 18.0 Å². The van der Waals surface area contributed by atoms with Gasteiger partial charge in [0, 0.05) is 42.1 Å². The number of fused-ring (bicyclic) bond motifs is 1. The molecule has 0 aliphatic rings. The Hall–Kier alpha value is -3.43. The molecule has 1 aromatic carbocycles. The zero-order chi connectivity index (χ0) is 21.7. The molecule has 31 heavy (non-hydrogen) atoms. The predicted octanol–water partition coefficient (Wildman–Crippen LogP) is 2.66. The Morgan fingerprint density at radius 3 is 2.42 bits per heavy atom. The lowest BCUT2D eigenvalue weighted by molar-refractivity contribution is 0.558. The van der Waals surface area contributed by atoms with Gasteiger partial charge in [0.15, 0.2) is 5.82 Å². The molecule has 4 rings (SSSR count). The van der Waals surface area contributed by atoms with Gasteiger partial charge in [-0.1, -0.05) is 30.3 Å². The third-order valence-corrected chi connectivity index (χ3v) is 5.42. The highest BCUT2D eigenvalue weighted by Crippen LogP contribution is 2.24. The second kappa shape index (κ2) is 9.15. The number of hydrogen-bond donors (Lipinski definition) is 2. The van der Waals surface area contributed by atoms with Crippen molar-refractivity contribution in [2.24, 2.45) is 0 Å². The lowest BCUT2D eigenvalue weighted by Gasteiger charge is -2.19. The first kappa shape index (κ1) is 20.8. The standard InChI is InChI=1S/C22H22N6O2S/c1-31(29,30)28-18(13-16-5-3-2-4-6-16)14-25-22-19-9-12-24-15-20(19)26-21(27-22)17-7-10-23-11-8-17/h2-12,15,18,28H,13-14H2,1H3,(H,25,26,27). The molecule has 0 aliphatic heterocycles. The van der Waals surface area contributed by atoms with Crippen LogP contribution in [0.3, 0.4) is 0 Å².